The maximum Gasteiger partial charge on any atom is 0.271 e. The molecule has 0 aliphatic carbocycles. The van der Waals surface area contributed by atoms with Crippen LogP contribution in [0.25, 0.3) is 6.08 Å². The minimum Gasteiger partial charge on any atom is -0.322 e. The lowest BCUT2D eigenvalue weighted by molar-refractivity contribution is -0.113. The van der Waals surface area contributed by atoms with E-state index in [2.05, 4.69) is 10.3 Å². The Hall–Kier alpha value is -3.74. The Balaban J connectivity index is 1.67. The molecule has 2 heterocycles. The van der Waals surface area contributed by atoms with Gasteiger partial charge in [0.25, 0.3) is 11.5 Å². The number of rotatable bonds is 4. The molecule has 0 saturated carbocycles. The van der Waals surface area contributed by atoms with Crippen molar-refractivity contribution in [3.8, 4) is 0 Å². The second-order valence-corrected chi connectivity index (χ2v) is 9.81. The number of allylic oxidation sites excluding steroid dienone is 1. The van der Waals surface area contributed by atoms with E-state index in [1.165, 1.54) is 11.3 Å². The molecule has 7 heteroatoms. The Morgan fingerprint density at radius 3 is 2.37 bits per heavy atom. The maximum atomic E-state index is 13.7. The molecule has 0 radical (unpaired) electrons. The number of nitrogens with one attached hydrogen (secondary N) is 1. The Morgan fingerprint density at radius 2 is 1.69 bits per heavy atom. The number of carbonyl (C=O) groups is 1. The van der Waals surface area contributed by atoms with Crippen LogP contribution < -0.4 is 20.2 Å². The number of anilines is 1. The number of benzene rings is 3. The first-order valence-electron chi connectivity index (χ1n) is 11.1. The lowest BCUT2D eigenvalue weighted by atomic mass is 9.94. The van der Waals surface area contributed by atoms with Gasteiger partial charge in [-0.05, 0) is 55.3 Å². The highest BCUT2D eigenvalue weighted by Crippen LogP contribution is 2.31. The highest BCUT2D eigenvalue weighted by atomic mass is 35.5. The number of para-hydroxylation sites is 1. The van der Waals surface area contributed by atoms with Crippen LogP contribution in [0.15, 0.2) is 99.9 Å². The third-order valence-electron chi connectivity index (χ3n) is 5.86. The lowest BCUT2D eigenvalue weighted by Gasteiger charge is -2.25. The molecule has 174 valence electrons. The summed E-state index contributed by atoms with van der Waals surface area (Å²) in [5, 5.41) is 3.60. The first-order chi connectivity index (χ1) is 16.9. The van der Waals surface area contributed by atoms with Gasteiger partial charge in [-0.1, -0.05) is 83.1 Å². The van der Waals surface area contributed by atoms with Crippen molar-refractivity contribution < 1.29 is 4.79 Å². The number of amides is 1. The number of aromatic nitrogens is 1. The highest BCUT2D eigenvalue weighted by Gasteiger charge is 2.32. The van der Waals surface area contributed by atoms with E-state index in [1.54, 1.807) is 16.7 Å². The van der Waals surface area contributed by atoms with Crippen LogP contribution in [-0.4, -0.2) is 10.5 Å². The van der Waals surface area contributed by atoms with Crippen molar-refractivity contribution >= 4 is 40.6 Å². The predicted octanol–water partition coefficient (Wildman–Crippen LogP) is 4.84. The van der Waals surface area contributed by atoms with E-state index < -0.39 is 6.04 Å². The molecule has 0 fully saturated rings. The third kappa shape index (κ3) is 4.63. The van der Waals surface area contributed by atoms with Gasteiger partial charge in [0.05, 0.1) is 21.8 Å². The number of halogens is 1. The second-order valence-electron chi connectivity index (χ2n) is 8.36. The van der Waals surface area contributed by atoms with Crippen LogP contribution in [0.1, 0.15) is 29.7 Å². The topological polar surface area (TPSA) is 63.5 Å². The van der Waals surface area contributed by atoms with Gasteiger partial charge >= 0.3 is 0 Å². The fourth-order valence-electron chi connectivity index (χ4n) is 4.11. The van der Waals surface area contributed by atoms with Gasteiger partial charge in [0.1, 0.15) is 0 Å². The summed E-state index contributed by atoms with van der Waals surface area (Å²) in [6, 6.07) is 23.9. The number of hydrogen-bond donors (Lipinski definition) is 1. The smallest absolute Gasteiger partial charge is 0.271 e. The van der Waals surface area contributed by atoms with Gasteiger partial charge in [-0.2, -0.15) is 0 Å². The van der Waals surface area contributed by atoms with Crippen LogP contribution in [-0.2, 0) is 4.79 Å². The molecule has 0 saturated heterocycles. The van der Waals surface area contributed by atoms with E-state index in [0.29, 0.717) is 31.3 Å². The Labute approximate surface area is 211 Å². The Bertz CT molecular complexity index is 1620. The minimum atomic E-state index is -0.595. The normalized spacial score (nSPS) is 15.5. The molecule has 5 nitrogen and oxygen atoms in total. The van der Waals surface area contributed by atoms with Crippen LogP contribution in [0.3, 0.4) is 0 Å². The van der Waals surface area contributed by atoms with Crippen LogP contribution in [0.2, 0.25) is 5.02 Å². The van der Waals surface area contributed by atoms with E-state index in [4.69, 9.17) is 11.6 Å². The average molecular weight is 500 g/mol. The lowest BCUT2D eigenvalue weighted by Crippen LogP contribution is -2.40. The second kappa shape index (κ2) is 9.49. The van der Waals surface area contributed by atoms with Gasteiger partial charge in [-0.15, -0.1) is 0 Å². The fraction of sp³-hybridized carbons (Fsp3) is 0.107. The van der Waals surface area contributed by atoms with Gasteiger partial charge in [-0.25, -0.2) is 4.99 Å². The summed E-state index contributed by atoms with van der Waals surface area (Å²) in [6.45, 7) is 3.82. The van der Waals surface area contributed by atoms with Gasteiger partial charge in [0.2, 0.25) is 0 Å². The molecule has 4 aromatic rings. The maximum absolute atomic E-state index is 13.7. The molecule has 1 atom stereocenters. The molecule has 35 heavy (non-hydrogen) atoms. The molecular formula is C28H22ClN3O2S. The predicted molar refractivity (Wildman–Crippen MR) is 141 cm³/mol. The Kier molecular flexibility index (Phi) is 6.24. The molecule has 1 aliphatic heterocycles. The molecule has 1 unspecified atom stereocenters. The third-order valence-corrected chi connectivity index (χ3v) is 7.09. The molecule has 1 amide bonds. The fourth-order valence-corrected chi connectivity index (χ4v) is 5.28. The van der Waals surface area contributed by atoms with Crippen LogP contribution in [0.4, 0.5) is 5.69 Å². The number of nitrogens with zero attached hydrogens (tertiary/aromatic N) is 2. The SMILES string of the molecule is CC1=C(C(=O)Nc2ccccc2)C(c2ccc(C)cc2)n2c(s/c(=C\c3ccc(Cl)cc3)c2=O)=N1. The van der Waals surface area contributed by atoms with E-state index in [1.807, 2.05) is 86.7 Å². The summed E-state index contributed by atoms with van der Waals surface area (Å²) in [5.41, 5.74) is 4.34. The summed E-state index contributed by atoms with van der Waals surface area (Å²) in [7, 11) is 0. The van der Waals surface area contributed by atoms with Gasteiger partial charge < -0.3 is 5.32 Å². The first kappa shape index (κ1) is 23.0. The molecule has 0 bridgehead atoms. The van der Waals surface area contributed by atoms with Crippen LogP contribution in [0, 0.1) is 6.92 Å². The summed E-state index contributed by atoms with van der Waals surface area (Å²) >= 11 is 7.32. The molecular weight excluding hydrogens is 478 g/mol. The van der Waals surface area contributed by atoms with Crippen molar-refractivity contribution in [2.24, 2.45) is 4.99 Å². The van der Waals surface area contributed by atoms with Crippen LogP contribution >= 0.6 is 22.9 Å². The number of fused-ring (bicyclic) bond motifs is 1. The van der Waals surface area contributed by atoms with E-state index in [9.17, 15) is 9.59 Å². The van der Waals surface area contributed by atoms with E-state index in [-0.39, 0.29) is 11.5 Å². The summed E-state index contributed by atoms with van der Waals surface area (Å²) in [5.74, 6) is -0.282. The first-order valence-corrected chi connectivity index (χ1v) is 12.3. The van der Waals surface area contributed by atoms with Crippen molar-refractivity contribution in [3.05, 3.63) is 132 Å². The van der Waals surface area contributed by atoms with Crippen molar-refractivity contribution in [1.82, 2.24) is 4.57 Å². The largest absolute Gasteiger partial charge is 0.322 e. The zero-order chi connectivity index (χ0) is 24.5. The van der Waals surface area contributed by atoms with E-state index >= 15 is 0 Å². The summed E-state index contributed by atoms with van der Waals surface area (Å²) in [4.78, 5) is 32.4. The van der Waals surface area contributed by atoms with Crippen molar-refractivity contribution in [1.29, 1.82) is 0 Å². The van der Waals surface area contributed by atoms with Crippen molar-refractivity contribution in [2.75, 3.05) is 5.32 Å². The molecule has 3 aromatic carbocycles. The zero-order valence-electron chi connectivity index (χ0n) is 19.2. The van der Waals surface area contributed by atoms with Gasteiger partial charge in [0, 0.05) is 10.7 Å². The van der Waals surface area contributed by atoms with Crippen molar-refractivity contribution in [2.45, 2.75) is 19.9 Å². The molecule has 1 N–H and O–H groups in total. The average Bonchev–Trinajstić information content (AvgIpc) is 3.15. The minimum absolute atomic E-state index is 0.188. The van der Waals surface area contributed by atoms with Gasteiger partial charge in [-0.3, -0.25) is 14.2 Å². The number of aryl methyl sites for hydroxylation is 1. The van der Waals surface area contributed by atoms with Gasteiger partial charge in [0.15, 0.2) is 4.80 Å². The standard InChI is InChI=1S/C28H22ClN3O2S/c1-17-8-12-20(13-9-17)25-24(26(33)31-22-6-4-3-5-7-22)18(2)30-28-32(25)27(34)23(35-28)16-19-10-14-21(29)15-11-19/h3-16,25H,1-2H3,(H,31,33)/b23-16-. The summed E-state index contributed by atoms with van der Waals surface area (Å²) in [6.07, 6.45) is 1.83. The monoisotopic (exact) mass is 499 g/mol. The number of thiazole rings is 1. The molecule has 1 aromatic heterocycles. The molecule has 1 aliphatic rings. The molecule has 0 spiro atoms. The quantitative estimate of drug-likeness (QED) is 0.437. The number of carbonyl (C=O) groups excluding carboxylic acids is 1. The van der Waals surface area contributed by atoms with Crippen molar-refractivity contribution in [3.63, 3.8) is 0 Å². The summed E-state index contributed by atoms with van der Waals surface area (Å²) < 4.78 is 2.17. The zero-order valence-corrected chi connectivity index (χ0v) is 20.7. The highest BCUT2D eigenvalue weighted by molar-refractivity contribution is 7.07. The number of hydrogen-bond acceptors (Lipinski definition) is 4. The van der Waals surface area contributed by atoms with Crippen LogP contribution in [0.5, 0.6) is 0 Å². The Morgan fingerprint density at radius 1 is 1.00 bits per heavy atom. The molecule has 5 rings (SSSR count). The van der Waals surface area contributed by atoms with E-state index in [0.717, 1.165) is 16.7 Å².